The minimum Gasteiger partial charge on any atom is -0.378 e. The van der Waals surface area contributed by atoms with Crippen LogP contribution >= 0.6 is 0 Å². The molecule has 3 aromatic heterocycles. The number of nitrogens with one attached hydrogen (secondary N) is 2. The molecule has 0 spiro atoms. The van der Waals surface area contributed by atoms with Gasteiger partial charge in [-0.2, -0.15) is 5.10 Å². The molecule has 4 aromatic rings. The lowest BCUT2D eigenvalue weighted by atomic mass is 10.0. The number of carbonyl (C=O) groups excluding carboxylic acids is 2. The maximum absolute atomic E-state index is 14.0. The number of aromatic nitrogens is 4. The van der Waals surface area contributed by atoms with E-state index in [1.54, 1.807) is 52.3 Å². The SMILES string of the molecule is Cc1[nH]nc(C(=O)Nc2cnc3c(c2)cc(C2=CCN(C(=O)N4CCOCC4)CC2)n3S(=O)(=O)c2ccccc2)c1C. The van der Waals surface area contributed by atoms with Crippen molar-refractivity contribution in [3.63, 3.8) is 0 Å². The number of ether oxygens (including phenoxy) is 1. The average molecular weight is 590 g/mol. The van der Waals surface area contributed by atoms with Crippen LogP contribution in [0.1, 0.15) is 33.9 Å². The van der Waals surface area contributed by atoms with Gasteiger partial charge in [-0.15, -0.1) is 0 Å². The summed E-state index contributed by atoms with van der Waals surface area (Å²) in [4.78, 5) is 34.1. The molecule has 0 unspecified atom stereocenters. The molecule has 1 fully saturated rings. The number of nitrogens with zero attached hydrogens (tertiary/aromatic N) is 5. The Morgan fingerprint density at radius 3 is 2.45 bits per heavy atom. The number of morpholine rings is 1. The Bertz CT molecular complexity index is 1800. The van der Waals surface area contributed by atoms with Crippen molar-refractivity contribution >= 4 is 44.3 Å². The highest BCUT2D eigenvalue weighted by atomic mass is 32.2. The van der Waals surface area contributed by atoms with E-state index < -0.39 is 15.9 Å². The second-order valence-electron chi connectivity index (χ2n) is 10.3. The number of carbonyl (C=O) groups is 2. The molecular weight excluding hydrogens is 558 g/mol. The van der Waals surface area contributed by atoms with E-state index in [-0.39, 0.29) is 22.3 Å². The van der Waals surface area contributed by atoms with Gasteiger partial charge >= 0.3 is 6.03 Å². The summed E-state index contributed by atoms with van der Waals surface area (Å²) in [5.74, 6) is -0.394. The topological polar surface area (TPSA) is 143 Å². The number of fused-ring (bicyclic) bond motifs is 1. The van der Waals surface area contributed by atoms with E-state index in [1.807, 2.05) is 19.9 Å². The Labute approximate surface area is 243 Å². The second kappa shape index (κ2) is 11.1. The number of pyridine rings is 1. The van der Waals surface area contributed by atoms with Crippen molar-refractivity contribution in [2.24, 2.45) is 0 Å². The molecular formula is C29H31N7O5S. The summed E-state index contributed by atoms with van der Waals surface area (Å²) in [7, 11) is -4.02. The highest BCUT2D eigenvalue weighted by molar-refractivity contribution is 7.90. The number of anilines is 1. The van der Waals surface area contributed by atoms with Crippen LogP contribution in [0.4, 0.5) is 10.5 Å². The summed E-state index contributed by atoms with van der Waals surface area (Å²) in [6.07, 6.45) is 3.81. The van der Waals surface area contributed by atoms with Gasteiger partial charge in [-0.25, -0.2) is 22.2 Å². The summed E-state index contributed by atoms with van der Waals surface area (Å²) < 4.78 is 34.6. The van der Waals surface area contributed by atoms with Gasteiger partial charge in [0.05, 0.1) is 35.7 Å². The summed E-state index contributed by atoms with van der Waals surface area (Å²) >= 11 is 0. The van der Waals surface area contributed by atoms with Crippen molar-refractivity contribution in [1.29, 1.82) is 0 Å². The molecule has 218 valence electrons. The standard InChI is InChI=1S/C29H31N7O5S/c1-19-20(2)32-33-26(19)28(37)31-23-16-22-17-25(21-8-10-34(11-9-21)29(38)35-12-14-41-15-13-35)36(27(22)30-18-23)42(39,40)24-6-4-3-5-7-24/h3-8,16-18H,9-15H2,1-2H3,(H,31,37)(H,32,33). The molecule has 12 nitrogen and oxygen atoms in total. The van der Waals surface area contributed by atoms with Crippen LogP contribution in [0.25, 0.3) is 16.6 Å². The quantitative estimate of drug-likeness (QED) is 0.363. The van der Waals surface area contributed by atoms with Crippen LogP contribution < -0.4 is 5.32 Å². The molecule has 0 bridgehead atoms. The van der Waals surface area contributed by atoms with Crippen molar-refractivity contribution in [2.75, 3.05) is 44.7 Å². The Balaban J connectivity index is 1.36. The summed E-state index contributed by atoms with van der Waals surface area (Å²) in [6, 6.07) is 11.6. The molecule has 2 N–H and O–H groups in total. The van der Waals surface area contributed by atoms with Crippen molar-refractivity contribution < 1.29 is 22.7 Å². The first-order valence-corrected chi connectivity index (χ1v) is 15.1. The van der Waals surface area contributed by atoms with Gasteiger partial charge in [0.15, 0.2) is 11.3 Å². The molecule has 5 heterocycles. The number of urea groups is 1. The molecule has 1 saturated heterocycles. The zero-order chi connectivity index (χ0) is 29.4. The van der Waals surface area contributed by atoms with E-state index >= 15 is 0 Å². The molecule has 0 aliphatic carbocycles. The van der Waals surface area contributed by atoms with Crippen LogP contribution in [0.5, 0.6) is 0 Å². The van der Waals surface area contributed by atoms with E-state index in [0.29, 0.717) is 62.6 Å². The van der Waals surface area contributed by atoms with E-state index in [4.69, 9.17) is 4.74 Å². The molecule has 6 rings (SSSR count). The number of hydrogen-bond donors (Lipinski definition) is 2. The Morgan fingerprint density at radius 1 is 1.02 bits per heavy atom. The smallest absolute Gasteiger partial charge is 0.320 e. The molecule has 0 radical (unpaired) electrons. The number of H-pyrrole nitrogens is 1. The lowest BCUT2D eigenvalue weighted by molar-refractivity contribution is 0.0441. The zero-order valence-electron chi connectivity index (χ0n) is 23.3. The number of hydrogen-bond acceptors (Lipinski definition) is 7. The minimum atomic E-state index is -4.02. The Hall–Kier alpha value is -4.49. The van der Waals surface area contributed by atoms with Gasteiger partial charge in [-0.3, -0.25) is 9.89 Å². The van der Waals surface area contributed by atoms with Crippen LogP contribution in [-0.4, -0.2) is 88.7 Å². The summed E-state index contributed by atoms with van der Waals surface area (Å²) in [5.41, 5.74) is 3.75. The first-order valence-electron chi connectivity index (χ1n) is 13.7. The largest absolute Gasteiger partial charge is 0.378 e. The fourth-order valence-electron chi connectivity index (χ4n) is 5.23. The van der Waals surface area contributed by atoms with Crippen LogP contribution in [0.2, 0.25) is 0 Å². The third-order valence-corrected chi connectivity index (χ3v) is 9.41. The molecule has 2 aliphatic heterocycles. The third kappa shape index (κ3) is 5.05. The van der Waals surface area contributed by atoms with Gasteiger partial charge in [-0.05, 0) is 50.1 Å². The van der Waals surface area contributed by atoms with Crippen molar-refractivity contribution in [1.82, 2.24) is 29.0 Å². The zero-order valence-corrected chi connectivity index (χ0v) is 24.1. The molecule has 0 saturated carbocycles. The fraction of sp³-hybridized carbons (Fsp3) is 0.310. The number of rotatable bonds is 5. The third-order valence-electron chi connectivity index (χ3n) is 7.70. The summed E-state index contributed by atoms with van der Waals surface area (Å²) in [6.45, 7) is 6.61. The molecule has 42 heavy (non-hydrogen) atoms. The van der Waals surface area contributed by atoms with Crippen LogP contribution in [0.3, 0.4) is 0 Å². The molecule has 0 atom stereocenters. The van der Waals surface area contributed by atoms with Gasteiger partial charge < -0.3 is 19.9 Å². The van der Waals surface area contributed by atoms with Crippen LogP contribution in [0.15, 0.2) is 59.6 Å². The highest BCUT2D eigenvalue weighted by Gasteiger charge is 2.29. The van der Waals surface area contributed by atoms with Crippen molar-refractivity contribution in [2.45, 2.75) is 25.2 Å². The number of aryl methyl sites for hydroxylation is 1. The van der Waals surface area contributed by atoms with Gasteiger partial charge in [0.25, 0.3) is 15.9 Å². The fourth-order valence-corrected chi connectivity index (χ4v) is 6.75. The van der Waals surface area contributed by atoms with Crippen molar-refractivity contribution in [3.05, 3.63) is 77.4 Å². The van der Waals surface area contributed by atoms with E-state index in [1.165, 1.54) is 10.2 Å². The molecule has 1 aromatic carbocycles. The maximum Gasteiger partial charge on any atom is 0.320 e. The first kappa shape index (κ1) is 27.7. The van der Waals surface area contributed by atoms with E-state index in [0.717, 1.165) is 16.8 Å². The molecule has 2 aliphatic rings. The number of benzene rings is 1. The lowest BCUT2D eigenvalue weighted by Gasteiger charge is -2.34. The number of amides is 3. The average Bonchev–Trinajstić information content (AvgIpc) is 3.57. The first-order chi connectivity index (χ1) is 20.2. The predicted molar refractivity (Wildman–Crippen MR) is 157 cm³/mol. The monoisotopic (exact) mass is 589 g/mol. The summed E-state index contributed by atoms with van der Waals surface area (Å²) in [5, 5.41) is 10.3. The predicted octanol–water partition coefficient (Wildman–Crippen LogP) is 3.41. The van der Waals surface area contributed by atoms with Gasteiger partial charge in [0.1, 0.15) is 0 Å². The molecule has 3 amide bonds. The number of aromatic amines is 1. The minimum absolute atomic E-state index is 0.0459. The molecule has 13 heteroatoms. The van der Waals surface area contributed by atoms with Gasteiger partial charge in [-0.1, -0.05) is 24.3 Å². The Morgan fingerprint density at radius 2 is 1.79 bits per heavy atom. The van der Waals surface area contributed by atoms with E-state index in [9.17, 15) is 18.0 Å². The van der Waals surface area contributed by atoms with Crippen molar-refractivity contribution in [3.8, 4) is 0 Å². The lowest BCUT2D eigenvalue weighted by Crippen LogP contribution is -2.49. The highest BCUT2D eigenvalue weighted by Crippen LogP contribution is 2.33. The maximum atomic E-state index is 14.0. The van der Waals surface area contributed by atoms with Gasteiger partial charge in [0, 0.05) is 42.8 Å². The second-order valence-corrected chi connectivity index (χ2v) is 12.1. The Kier molecular flexibility index (Phi) is 7.29. The van der Waals surface area contributed by atoms with Crippen LogP contribution in [-0.2, 0) is 14.8 Å². The van der Waals surface area contributed by atoms with Crippen LogP contribution in [0, 0.1) is 13.8 Å². The van der Waals surface area contributed by atoms with Gasteiger partial charge in [0.2, 0.25) is 0 Å². The van der Waals surface area contributed by atoms with E-state index in [2.05, 4.69) is 20.5 Å². The normalized spacial score (nSPS) is 16.0.